The third kappa shape index (κ3) is 10.9. The first-order valence-corrected chi connectivity index (χ1v) is 14.9. The van der Waals surface area contributed by atoms with E-state index in [9.17, 15) is 14.7 Å². The Hall–Kier alpha value is -4.05. The number of thioether (sulfide) groups is 1. The molecule has 0 bridgehead atoms. The van der Waals surface area contributed by atoms with E-state index in [-0.39, 0.29) is 11.8 Å². The molecule has 0 saturated heterocycles. The molecule has 9 heteroatoms. The third-order valence-electron chi connectivity index (χ3n) is 6.71. The zero-order chi connectivity index (χ0) is 31.4. The van der Waals surface area contributed by atoms with Gasteiger partial charge in [-0.2, -0.15) is 0 Å². The topological polar surface area (TPSA) is 108 Å². The van der Waals surface area contributed by atoms with Crippen molar-refractivity contribution in [2.24, 2.45) is 5.73 Å². The number of ether oxygens (including phenoxy) is 1. The largest absolute Gasteiger partial charge is 0.497 e. The first kappa shape index (κ1) is 33.5. The number of aliphatic hydroxyl groups is 1. The van der Waals surface area contributed by atoms with E-state index in [4.69, 9.17) is 10.5 Å². The van der Waals surface area contributed by atoms with Gasteiger partial charge in [0.15, 0.2) is 0 Å². The standard InChI is InChI=1S/C34H42N4O4S/c1-24(35)23-43-25(2)20-38(4)34(41)29-15-10-14-28(19-29)33(40)36-31(18-26-11-7-6-8-12-26)32(39)22-37(3)21-27-13-9-16-30(17-27)42-5/h6-17,19,23,31-32,39H,2,18,20-22,35H2,1,3-5H3,(H,36,40)/b24-23-/t31-,32+/m0/s1. The van der Waals surface area contributed by atoms with Crippen molar-refractivity contribution in [3.05, 3.63) is 124 Å². The maximum absolute atomic E-state index is 13.5. The van der Waals surface area contributed by atoms with Gasteiger partial charge in [0.25, 0.3) is 11.8 Å². The highest BCUT2D eigenvalue weighted by atomic mass is 32.2. The van der Waals surface area contributed by atoms with Crippen LogP contribution in [0, 0.1) is 0 Å². The number of benzene rings is 3. The van der Waals surface area contributed by atoms with Crippen molar-refractivity contribution >= 4 is 23.6 Å². The number of rotatable bonds is 15. The Labute approximate surface area is 259 Å². The van der Waals surface area contributed by atoms with E-state index >= 15 is 0 Å². The Morgan fingerprint density at radius 1 is 1.02 bits per heavy atom. The van der Waals surface area contributed by atoms with Gasteiger partial charge in [-0.15, -0.1) is 0 Å². The molecular formula is C34H42N4O4S. The van der Waals surface area contributed by atoms with Crippen LogP contribution in [0.5, 0.6) is 5.75 Å². The van der Waals surface area contributed by atoms with Crippen LogP contribution in [0.25, 0.3) is 0 Å². The lowest BCUT2D eigenvalue weighted by molar-refractivity contribution is 0.0713. The number of hydrogen-bond donors (Lipinski definition) is 3. The number of nitrogens with one attached hydrogen (secondary N) is 1. The van der Waals surface area contributed by atoms with Crippen LogP contribution >= 0.6 is 11.8 Å². The van der Waals surface area contributed by atoms with Crippen LogP contribution in [-0.2, 0) is 13.0 Å². The molecule has 3 rings (SSSR count). The fourth-order valence-corrected chi connectivity index (χ4v) is 5.18. The predicted molar refractivity (Wildman–Crippen MR) is 175 cm³/mol. The Balaban J connectivity index is 1.71. The predicted octanol–water partition coefficient (Wildman–Crippen LogP) is 4.67. The maximum atomic E-state index is 13.5. The minimum absolute atomic E-state index is 0.232. The fraction of sp³-hybridized carbons (Fsp3) is 0.294. The molecule has 0 fully saturated rings. The molecular weight excluding hydrogens is 560 g/mol. The summed E-state index contributed by atoms with van der Waals surface area (Å²) in [6.07, 6.45) is -0.413. The van der Waals surface area contributed by atoms with E-state index < -0.39 is 12.1 Å². The highest BCUT2D eigenvalue weighted by Crippen LogP contribution is 2.19. The van der Waals surface area contributed by atoms with Crippen LogP contribution in [0.15, 0.2) is 101 Å². The SMILES string of the molecule is C=C(CN(C)C(=O)c1cccc(C(=O)N[C@@H](Cc2ccccc2)[C@H](O)CN(C)Cc2cccc(OC)c2)c1)S/C=C(/C)N. The Kier molecular flexibility index (Phi) is 12.9. The molecule has 0 spiro atoms. The molecule has 43 heavy (non-hydrogen) atoms. The van der Waals surface area contributed by atoms with E-state index in [0.29, 0.717) is 42.9 Å². The number of hydrogen-bond acceptors (Lipinski definition) is 7. The minimum atomic E-state index is -0.856. The molecule has 228 valence electrons. The van der Waals surface area contributed by atoms with Crippen LogP contribution in [0.1, 0.15) is 38.8 Å². The summed E-state index contributed by atoms with van der Waals surface area (Å²) in [7, 11) is 5.25. The molecule has 3 aromatic rings. The molecule has 0 aliphatic heterocycles. The quantitative estimate of drug-likeness (QED) is 0.232. The molecule has 8 nitrogen and oxygen atoms in total. The summed E-state index contributed by atoms with van der Waals surface area (Å²) in [5.74, 6) is 0.177. The van der Waals surface area contributed by atoms with E-state index in [1.807, 2.05) is 66.5 Å². The molecule has 0 aromatic heterocycles. The number of methoxy groups -OCH3 is 1. The van der Waals surface area contributed by atoms with Crippen molar-refractivity contribution in [2.45, 2.75) is 32.0 Å². The number of carbonyl (C=O) groups is 2. The Morgan fingerprint density at radius 3 is 2.40 bits per heavy atom. The van der Waals surface area contributed by atoms with Gasteiger partial charge in [0.05, 0.1) is 25.8 Å². The lowest BCUT2D eigenvalue weighted by Crippen LogP contribution is -2.49. The monoisotopic (exact) mass is 602 g/mol. The molecule has 0 saturated carbocycles. The normalized spacial score (nSPS) is 12.8. The third-order valence-corrected chi connectivity index (χ3v) is 7.66. The van der Waals surface area contributed by atoms with Crippen molar-refractivity contribution in [3.63, 3.8) is 0 Å². The summed E-state index contributed by atoms with van der Waals surface area (Å²) in [4.78, 5) is 30.9. The Bertz CT molecular complexity index is 1410. The number of likely N-dealkylation sites (N-methyl/N-ethyl adjacent to an activating group) is 2. The molecule has 4 N–H and O–H groups in total. The molecule has 0 radical (unpaired) electrons. The summed E-state index contributed by atoms with van der Waals surface area (Å²) in [5, 5.41) is 16.1. The molecule has 0 unspecified atom stereocenters. The van der Waals surface area contributed by atoms with Crippen LogP contribution in [0.4, 0.5) is 0 Å². The summed E-state index contributed by atoms with van der Waals surface area (Å²) in [6, 6.07) is 23.6. The second kappa shape index (κ2) is 16.6. The molecule has 0 heterocycles. The van der Waals surface area contributed by atoms with E-state index in [0.717, 1.165) is 21.8 Å². The highest BCUT2D eigenvalue weighted by molar-refractivity contribution is 8.05. The summed E-state index contributed by atoms with van der Waals surface area (Å²) in [5.41, 5.74) is 9.12. The minimum Gasteiger partial charge on any atom is -0.497 e. The van der Waals surface area contributed by atoms with Crippen molar-refractivity contribution in [2.75, 3.05) is 34.3 Å². The molecule has 2 amide bonds. The fourth-order valence-electron chi connectivity index (χ4n) is 4.56. The van der Waals surface area contributed by atoms with Crippen molar-refractivity contribution < 1.29 is 19.4 Å². The second-order valence-electron chi connectivity index (χ2n) is 10.6. The zero-order valence-corrected chi connectivity index (χ0v) is 26.1. The first-order valence-electron chi connectivity index (χ1n) is 14.0. The lowest BCUT2D eigenvalue weighted by atomic mass is 9.99. The van der Waals surface area contributed by atoms with Crippen molar-refractivity contribution in [3.8, 4) is 5.75 Å². The van der Waals surface area contributed by atoms with Crippen molar-refractivity contribution in [1.82, 2.24) is 15.1 Å². The van der Waals surface area contributed by atoms with Gasteiger partial charge in [0.2, 0.25) is 0 Å². The maximum Gasteiger partial charge on any atom is 0.253 e. The van der Waals surface area contributed by atoms with Crippen LogP contribution in [-0.4, -0.2) is 73.2 Å². The van der Waals surface area contributed by atoms with Gasteiger partial charge >= 0.3 is 0 Å². The Morgan fingerprint density at radius 2 is 1.70 bits per heavy atom. The molecule has 2 atom stereocenters. The smallest absolute Gasteiger partial charge is 0.253 e. The van der Waals surface area contributed by atoms with Crippen LogP contribution in [0.2, 0.25) is 0 Å². The van der Waals surface area contributed by atoms with Crippen LogP contribution < -0.4 is 15.8 Å². The second-order valence-corrected chi connectivity index (χ2v) is 11.7. The number of amides is 2. The van der Waals surface area contributed by atoms with E-state index in [2.05, 4.69) is 11.9 Å². The summed E-state index contributed by atoms with van der Waals surface area (Å²) >= 11 is 1.38. The lowest BCUT2D eigenvalue weighted by Gasteiger charge is -2.28. The molecule has 0 aliphatic rings. The van der Waals surface area contributed by atoms with Gasteiger partial charge in [-0.05, 0) is 67.3 Å². The zero-order valence-electron chi connectivity index (χ0n) is 25.3. The highest BCUT2D eigenvalue weighted by Gasteiger charge is 2.24. The molecule has 3 aromatic carbocycles. The number of carbonyl (C=O) groups excluding carboxylic acids is 2. The number of nitrogens with two attached hydrogens (primary N) is 1. The first-order chi connectivity index (χ1) is 20.5. The van der Waals surface area contributed by atoms with Crippen LogP contribution in [0.3, 0.4) is 0 Å². The van der Waals surface area contributed by atoms with E-state index in [1.54, 1.807) is 55.7 Å². The van der Waals surface area contributed by atoms with Gasteiger partial charge in [0.1, 0.15) is 5.75 Å². The summed E-state index contributed by atoms with van der Waals surface area (Å²) < 4.78 is 5.33. The molecule has 0 aliphatic carbocycles. The number of allylic oxidation sites excluding steroid dienone is 1. The van der Waals surface area contributed by atoms with E-state index in [1.165, 1.54) is 11.8 Å². The average molecular weight is 603 g/mol. The van der Waals surface area contributed by atoms with Gasteiger partial charge < -0.3 is 25.8 Å². The van der Waals surface area contributed by atoms with Gasteiger partial charge in [-0.1, -0.05) is 66.9 Å². The number of aliphatic hydroxyl groups excluding tert-OH is 1. The van der Waals surface area contributed by atoms with Crippen molar-refractivity contribution in [1.29, 1.82) is 0 Å². The number of nitrogens with zero attached hydrogens (tertiary/aromatic N) is 2. The average Bonchev–Trinajstić information content (AvgIpc) is 2.99. The van der Waals surface area contributed by atoms with Gasteiger partial charge in [0, 0.05) is 41.9 Å². The van der Waals surface area contributed by atoms with Gasteiger partial charge in [-0.25, -0.2) is 0 Å². The van der Waals surface area contributed by atoms with Gasteiger partial charge in [-0.3, -0.25) is 14.5 Å². The summed E-state index contributed by atoms with van der Waals surface area (Å²) in [6.45, 7) is 7.05.